The van der Waals surface area contributed by atoms with E-state index < -0.39 is 46.5 Å². The molecule has 3 rings (SSSR count). The van der Waals surface area contributed by atoms with Crippen molar-refractivity contribution < 1.29 is 35.8 Å². The Bertz CT molecular complexity index is 1220. The lowest BCUT2D eigenvalue weighted by Crippen LogP contribution is -2.53. The summed E-state index contributed by atoms with van der Waals surface area (Å²) in [5.41, 5.74) is -9.10. The molecule has 0 radical (unpaired) electrons. The van der Waals surface area contributed by atoms with E-state index in [0.717, 1.165) is 12.3 Å². The van der Waals surface area contributed by atoms with Gasteiger partial charge < -0.3 is 10.9 Å². The molecule has 0 aliphatic rings. The van der Waals surface area contributed by atoms with Crippen LogP contribution in [0.5, 0.6) is 0 Å². The zero-order valence-electron chi connectivity index (χ0n) is 18.1. The van der Waals surface area contributed by atoms with E-state index in [-0.39, 0.29) is 22.2 Å². The number of thioether (sulfide) groups is 1. The number of halogens is 7. The molecular formula is C22H18F7N5OS. The molecule has 0 saturated carbocycles. The summed E-state index contributed by atoms with van der Waals surface area (Å²) in [4.78, 5) is 3.62. The van der Waals surface area contributed by atoms with Crippen LogP contribution >= 0.6 is 11.8 Å². The Balaban J connectivity index is 1.98. The Morgan fingerprint density at radius 3 is 2.14 bits per heavy atom. The molecule has 0 spiro atoms. The molecule has 2 aromatic carbocycles. The molecule has 0 bridgehead atoms. The second-order valence-electron chi connectivity index (χ2n) is 7.50. The smallest absolute Gasteiger partial charge is 0.377 e. The summed E-state index contributed by atoms with van der Waals surface area (Å²) in [6.45, 7) is -1.12. The van der Waals surface area contributed by atoms with Gasteiger partial charge in [-0.2, -0.15) is 27.1 Å². The highest BCUT2D eigenvalue weighted by molar-refractivity contribution is 8.00. The fourth-order valence-corrected chi connectivity index (χ4v) is 3.92. The second kappa shape index (κ2) is 10.3. The molecule has 36 heavy (non-hydrogen) atoms. The van der Waals surface area contributed by atoms with Crippen LogP contribution in [-0.4, -0.2) is 33.5 Å². The molecule has 14 heteroatoms. The van der Waals surface area contributed by atoms with Gasteiger partial charge in [-0.05, 0) is 47.7 Å². The normalized spacial score (nSPS) is 14.1. The molecule has 0 aliphatic heterocycles. The summed E-state index contributed by atoms with van der Waals surface area (Å²) in [6, 6.07) is 8.85. The molecule has 0 amide bonds. The van der Waals surface area contributed by atoms with Crippen LogP contribution in [0.25, 0.3) is 11.1 Å². The van der Waals surface area contributed by atoms with E-state index in [1.54, 1.807) is 0 Å². The number of hydrogen-bond donors (Lipinski definition) is 3. The van der Waals surface area contributed by atoms with E-state index in [2.05, 4.69) is 10.1 Å². The predicted molar refractivity (Wildman–Crippen MR) is 119 cm³/mol. The second-order valence-corrected chi connectivity index (χ2v) is 8.64. The van der Waals surface area contributed by atoms with Gasteiger partial charge in [0.05, 0.1) is 6.54 Å². The molecular weight excluding hydrogens is 515 g/mol. The van der Waals surface area contributed by atoms with Gasteiger partial charge in [0.2, 0.25) is 0 Å². The lowest BCUT2D eigenvalue weighted by molar-refractivity contribution is -0.203. The molecule has 0 fully saturated rings. The molecule has 0 aliphatic carbocycles. The molecule has 1 heterocycles. The Hall–Kier alpha value is -3.36. The van der Waals surface area contributed by atoms with E-state index in [0.29, 0.717) is 35.1 Å². The summed E-state index contributed by atoms with van der Waals surface area (Å²) < 4.78 is 96.8. The lowest BCUT2D eigenvalue weighted by atomic mass is 9.84. The van der Waals surface area contributed by atoms with E-state index in [1.165, 1.54) is 30.3 Å². The van der Waals surface area contributed by atoms with Gasteiger partial charge >= 0.3 is 11.4 Å². The van der Waals surface area contributed by atoms with E-state index in [9.17, 15) is 27.1 Å². The first-order chi connectivity index (χ1) is 16.8. The minimum absolute atomic E-state index is 0.0684. The van der Waals surface area contributed by atoms with Gasteiger partial charge in [-0.15, -0.1) is 0 Å². The van der Waals surface area contributed by atoms with E-state index in [4.69, 9.17) is 11.7 Å². The third kappa shape index (κ3) is 5.88. The van der Waals surface area contributed by atoms with Crippen molar-refractivity contribution in [3.8, 4) is 11.1 Å². The summed E-state index contributed by atoms with van der Waals surface area (Å²) in [5.74, 6) is 3.70. The van der Waals surface area contributed by atoms with Crippen LogP contribution in [0.4, 0.5) is 30.7 Å². The van der Waals surface area contributed by atoms with Crippen LogP contribution in [0, 0.1) is 11.6 Å². The first kappa shape index (κ1) is 27.2. The summed E-state index contributed by atoms with van der Waals surface area (Å²) >= 11 is -0.307. The molecule has 3 aromatic rings. The topological polar surface area (TPSA) is 101 Å². The maximum atomic E-state index is 15.7. The van der Waals surface area contributed by atoms with Crippen LogP contribution in [0.3, 0.4) is 0 Å². The van der Waals surface area contributed by atoms with Gasteiger partial charge in [0, 0.05) is 28.3 Å². The van der Waals surface area contributed by atoms with Crippen LogP contribution in [0.15, 0.2) is 70.8 Å². The molecule has 6 nitrogen and oxygen atoms in total. The van der Waals surface area contributed by atoms with Crippen molar-refractivity contribution in [1.82, 2.24) is 9.99 Å². The maximum absolute atomic E-state index is 15.7. The van der Waals surface area contributed by atoms with Crippen molar-refractivity contribution in [2.45, 2.75) is 21.9 Å². The quantitative estimate of drug-likeness (QED) is 0.0970. The number of aliphatic hydroxyl groups is 1. The highest BCUT2D eigenvalue weighted by atomic mass is 32.2. The monoisotopic (exact) mass is 533 g/mol. The van der Waals surface area contributed by atoms with Crippen LogP contribution in [-0.2, 0) is 11.5 Å². The minimum Gasteiger partial charge on any atom is -0.377 e. The maximum Gasteiger partial charge on any atom is 0.446 e. The highest BCUT2D eigenvalue weighted by Gasteiger charge is 2.58. The number of hydrogen-bond acceptors (Lipinski definition) is 6. The number of aromatic nitrogens is 1. The molecule has 192 valence electrons. The number of nitrogens with zero attached hydrogens (tertiary/aromatic N) is 3. The number of alkyl halides is 5. The Kier molecular flexibility index (Phi) is 7.81. The summed E-state index contributed by atoms with van der Waals surface area (Å²) in [6.07, 6.45) is 1.72. The third-order valence-electron chi connectivity index (χ3n) is 5.03. The molecule has 1 unspecified atom stereocenters. The molecule has 1 atom stereocenters. The predicted octanol–water partition coefficient (Wildman–Crippen LogP) is 4.70. The van der Waals surface area contributed by atoms with Gasteiger partial charge in [-0.25, -0.2) is 14.6 Å². The number of rotatable bonds is 8. The average molecular weight is 533 g/mol. The number of hydrazone groups is 1. The number of hydrazine groups is 1. The van der Waals surface area contributed by atoms with Gasteiger partial charge in [-0.3, -0.25) is 9.99 Å². The first-order valence-corrected chi connectivity index (χ1v) is 10.7. The molecule has 0 saturated heterocycles. The summed E-state index contributed by atoms with van der Waals surface area (Å²) in [5, 5.41) is 14.6. The molecule has 5 N–H and O–H groups in total. The Labute approximate surface area is 204 Å². The zero-order valence-corrected chi connectivity index (χ0v) is 18.9. The van der Waals surface area contributed by atoms with Crippen LogP contribution < -0.4 is 11.7 Å². The SMILES string of the molecule is N/N=C\N(N)CC(O)(c1ccc(F)cc1F)C(F)(F)c1ccc(-c2ccc(SC(F)(F)F)cc2)cn1. The minimum atomic E-state index is -4.47. The fraction of sp³-hybridized carbons (Fsp3) is 0.182. The third-order valence-corrected chi connectivity index (χ3v) is 5.77. The number of nitrogens with two attached hydrogens (primary N) is 2. The summed E-state index contributed by atoms with van der Waals surface area (Å²) in [7, 11) is 0. The van der Waals surface area contributed by atoms with Crippen molar-refractivity contribution in [3.05, 3.63) is 83.7 Å². The van der Waals surface area contributed by atoms with E-state index in [1.807, 2.05) is 0 Å². The van der Waals surface area contributed by atoms with Crippen LogP contribution in [0.2, 0.25) is 0 Å². The molecule has 1 aromatic heterocycles. The van der Waals surface area contributed by atoms with Crippen molar-refractivity contribution in [3.63, 3.8) is 0 Å². The lowest BCUT2D eigenvalue weighted by Gasteiger charge is -2.37. The van der Waals surface area contributed by atoms with Crippen molar-refractivity contribution in [2.24, 2.45) is 16.8 Å². The highest BCUT2D eigenvalue weighted by Crippen LogP contribution is 2.46. The van der Waals surface area contributed by atoms with Crippen molar-refractivity contribution >= 4 is 18.1 Å². The Morgan fingerprint density at radius 2 is 1.61 bits per heavy atom. The van der Waals surface area contributed by atoms with E-state index >= 15 is 8.78 Å². The Morgan fingerprint density at radius 1 is 0.972 bits per heavy atom. The zero-order chi connectivity index (χ0) is 26.7. The van der Waals surface area contributed by atoms with Crippen molar-refractivity contribution in [2.75, 3.05) is 6.54 Å². The van der Waals surface area contributed by atoms with Gasteiger partial charge in [0.15, 0.2) is 5.60 Å². The van der Waals surface area contributed by atoms with Gasteiger partial charge in [0.25, 0.3) is 0 Å². The first-order valence-electron chi connectivity index (χ1n) is 9.90. The number of pyridine rings is 1. The number of benzene rings is 2. The van der Waals surface area contributed by atoms with Gasteiger partial charge in [0.1, 0.15) is 23.7 Å². The fourth-order valence-electron chi connectivity index (χ4n) is 3.38. The van der Waals surface area contributed by atoms with Gasteiger partial charge in [-0.1, -0.05) is 18.2 Å². The standard InChI is InChI=1S/C22H18F7N5OS/c23-15-4-7-17(18(24)9-15)20(35,11-34(31)12-33-30)21(25,26)19-8-3-14(10-32-19)13-1-5-16(6-2-13)36-22(27,28)29/h1-10,12,35H,11,30-31H2/b33-12-. The largest absolute Gasteiger partial charge is 0.446 e. The average Bonchev–Trinajstić information content (AvgIpc) is 2.78. The van der Waals surface area contributed by atoms with Crippen molar-refractivity contribution in [1.29, 1.82) is 0 Å². The van der Waals surface area contributed by atoms with Crippen LogP contribution in [0.1, 0.15) is 11.3 Å².